The van der Waals surface area contributed by atoms with Gasteiger partial charge < -0.3 is 19.9 Å². The van der Waals surface area contributed by atoms with E-state index in [9.17, 15) is 9.59 Å². The Balaban J connectivity index is 1.85. The van der Waals surface area contributed by atoms with Crippen LogP contribution in [0.4, 0.5) is 4.79 Å². The summed E-state index contributed by atoms with van der Waals surface area (Å²) in [5.74, 6) is 0.752. The van der Waals surface area contributed by atoms with E-state index in [4.69, 9.17) is 4.74 Å². The van der Waals surface area contributed by atoms with Gasteiger partial charge in [-0.1, -0.05) is 26.7 Å². The number of carbonyl (C=O) groups is 2. The van der Waals surface area contributed by atoms with E-state index in [1.807, 2.05) is 4.90 Å². The number of hydrogen-bond acceptors (Lipinski definition) is 4. The van der Waals surface area contributed by atoms with Crippen molar-refractivity contribution in [1.82, 2.24) is 20.0 Å². The third-order valence-electron chi connectivity index (χ3n) is 6.11. The van der Waals surface area contributed by atoms with Gasteiger partial charge in [-0.25, -0.2) is 4.79 Å². The molecular formula is C20H38N4O3. The second-order valence-electron chi connectivity index (χ2n) is 7.98. The minimum absolute atomic E-state index is 0.0169. The van der Waals surface area contributed by atoms with Crippen molar-refractivity contribution in [3.05, 3.63) is 0 Å². The fourth-order valence-corrected chi connectivity index (χ4v) is 4.30. The van der Waals surface area contributed by atoms with Crippen LogP contribution in [0, 0.1) is 11.8 Å². The molecule has 0 aliphatic carbocycles. The molecule has 156 valence electrons. The number of ether oxygens (including phenoxy) is 1. The van der Waals surface area contributed by atoms with Gasteiger partial charge in [-0.2, -0.15) is 0 Å². The Kier molecular flexibility index (Phi) is 8.83. The van der Waals surface area contributed by atoms with Crippen LogP contribution in [0.15, 0.2) is 0 Å². The van der Waals surface area contributed by atoms with Gasteiger partial charge in [0.2, 0.25) is 5.91 Å². The molecule has 1 atom stereocenters. The summed E-state index contributed by atoms with van der Waals surface area (Å²) in [6, 6.07) is 0.415. The number of likely N-dealkylation sites (tertiary alicyclic amines) is 1. The Morgan fingerprint density at radius 3 is 2.19 bits per heavy atom. The first-order valence-corrected chi connectivity index (χ1v) is 10.5. The zero-order valence-electron chi connectivity index (χ0n) is 17.6. The molecule has 0 radical (unpaired) electrons. The standard InChI is InChI=1S/C20H38N4O3/c1-5-16(6-2)18(23-11-13-27-14-12-23)15-21-19(25)17-7-9-24(10-8-17)20(26)22(3)4/h16-18H,5-15H2,1-4H3,(H,21,25). The highest BCUT2D eigenvalue weighted by Gasteiger charge is 2.30. The van der Waals surface area contributed by atoms with Crippen LogP contribution in [-0.2, 0) is 9.53 Å². The molecule has 0 spiro atoms. The van der Waals surface area contributed by atoms with E-state index < -0.39 is 0 Å². The quantitative estimate of drug-likeness (QED) is 0.727. The van der Waals surface area contributed by atoms with Gasteiger partial charge >= 0.3 is 6.03 Å². The minimum atomic E-state index is 0.0169. The third-order valence-corrected chi connectivity index (χ3v) is 6.11. The highest BCUT2D eigenvalue weighted by atomic mass is 16.5. The SMILES string of the molecule is CCC(CC)C(CNC(=O)C1CCN(C(=O)N(C)C)CC1)N1CCOCC1. The first kappa shape index (κ1) is 22.0. The molecule has 3 amide bonds. The topological polar surface area (TPSA) is 65.1 Å². The lowest BCUT2D eigenvalue weighted by Crippen LogP contribution is -2.53. The minimum Gasteiger partial charge on any atom is -0.379 e. The summed E-state index contributed by atoms with van der Waals surface area (Å²) < 4.78 is 5.50. The van der Waals surface area contributed by atoms with Crippen molar-refractivity contribution in [3.63, 3.8) is 0 Å². The van der Waals surface area contributed by atoms with E-state index in [0.717, 1.165) is 52.0 Å². The van der Waals surface area contributed by atoms with Gasteiger partial charge in [-0.15, -0.1) is 0 Å². The fraction of sp³-hybridized carbons (Fsp3) is 0.900. The van der Waals surface area contributed by atoms with Crippen molar-refractivity contribution in [3.8, 4) is 0 Å². The van der Waals surface area contributed by atoms with Crippen LogP contribution >= 0.6 is 0 Å². The second-order valence-corrected chi connectivity index (χ2v) is 7.98. The maximum absolute atomic E-state index is 12.7. The molecule has 0 aromatic rings. The molecule has 0 aromatic carbocycles. The van der Waals surface area contributed by atoms with Crippen LogP contribution in [0.25, 0.3) is 0 Å². The second kappa shape index (κ2) is 10.9. The summed E-state index contributed by atoms with van der Waals surface area (Å²) >= 11 is 0. The van der Waals surface area contributed by atoms with E-state index in [1.54, 1.807) is 19.0 Å². The first-order chi connectivity index (χ1) is 13.0. The van der Waals surface area contributed by atoms with Crippen LogP contribution in [0.3, 0.4) is 0 Å². The predicted molar refractivity (Wildman–Crippen MR) is 107 cm³/mol. The number of nitrogens with one attached hydrogen (secondary N) is 1. The average molecular weight is 383 g/mol. The summed E-state index contributed by atoms with van der Waals surface area (Å²) in [6.45, 7) is 9.96. The van der Waals surface area contributed by atoms with Crippen molar-refractivity contribution in [1.29, 1.82) is 0 Å². The summed E-state index contributed by atoms with van der Waals surface area (Å²) in [6.07, 6.45) is 3.75. The monoisotopic (exact) mass is 382 g/mol. The smallest absolute Gasteiger partial charge is 0.319 e. The van der Waals surface area contributed by atoms with Crippen molar-refractivity contribution in [2.75, 3.05) is 60.0 Å². The lowest BCUT2D eigenvalue weighted by atomic mass is 9.91. The molecule has 2 fully saturated rings. The Morgan fingerprint density at radius 2 is 1.67 bits per heavy atom. The predicted octanol–water partition coefficient (Wildman–Crippen LogP) is 1.63. The fourth-order valence-electron chi connectivity index (χ4n) is 4.30. The number of piperidine rings is 1. The van der Waals surface area contributed by atoms with Crippen LogP contribution < -0.4 is 5.32 Å². The molecule has 2 rings (SSSR count). The Bertz CT molecular complexity index is 468. The number of carbonyl (C=O) groups excluding carboxylic acids is 2. The van der Waals surface area contributed by atoms with Gasteiger partial charge in [-0.05, 0) is 18.8 Å². The molecular weight excluding hydrogens is 344 g/mol. The molecule has 1 N–H and O–H groups in total. The molecule has 1 unspecified atom stereocenters. The first-order valence-electron chi connectivity index (χ1n) is 10.5. The van der Waals surface area contributed by atoms with Gasteiger partial charge in [0.05, 0.1) is 13.2 Å². The number of morpholine rings is 1. The van der Waals surface area contributed by atoms with Gasteiger partial charge in [0.15, 0.2) is 0 Å². The third kappa shape index (κ3) is 6.07. The number of amides is 3. The van der Waals surface area contributed by atoms with Crippen molar-refractivity contribution in [2.45, 2.75) is 45.6 Å². The molecule has 2 aliphatic heterocycles. The van der Waals surface area contributed by atoms with Crippen LogP contribution in [0.2, 0.25) is 0 Å². The highest BCUT2D eigenvalue weighted by Crippen LogP contribution is 2.21. The zero-order valence-corrected chi connectivity index (χ0v) is 17.6. The summed E-state index contributed by atoms with van der Waals surface area (Å²) in [5, 5.41) is 3.23. The van der Waals surface area contributed by atoms with E-state index in [-0.39, 0.29) is 17.9 Å². The zero-order chi connectivity index (χ0) is 19.8. The molecule has 0 saturated carbocycles. The summed E-state index contributed by atoms with van der Waals surface area (Å²) in [5.41, 5.74) is 0. The van der Waals surface area contributed by atoms with Crippen LogP contribution in [0.5, 0.6) is 0 Å². The number of nitrogens with zero attached hydrogens (tertiary/aromatic N) is 3. The van der Waals surface area contributed by atoms with Crippen LogP contribution in [-0.4, -0.2) is 92.7 Å². The average Bonchev–Trinajstić information content (AvgIpc) is 2.71. The van der Waals surface area contributed by atoms with Crippen molar-refractivity contribution < 1.29 is 14.3 Å². The molecule has 2 saturated heterocycles. The van der Waals surface area contributed by atoms with E-state index in [1.165, 1.54) is 0 Å². The summed E-state index contributed by atoms with van der Waals surface area (Å²) in [4.78, 5) is 30.7. The van der Waals surface area contributed by atoms with E-state index in [0.29, 0.717) is 31.6 Å². The van der Waals surface area contributed by atoms with Crippen LogP contribution in [0.1, 0.15) is 39.5 Å². The van der Waals surface area contributed by atoms with Gasteiger partial charge in [0, 0.05) is 58.8 Å². The Labute approximate surface area is 164 Å². The summed E-state index contributed by atoms with van der Waals surface area (Å²) in [7, 11) is 3.54. The molecule has 2 heterocycles. The molecule has 0 bridgehead atoms. The normalized spacial score (nSPS) is 20.6. The Hall–Kier alpha value is -1.34. The molecule has 7 nitrogen and oxygen atoms in total. The number of hydrogen-bond donors (Lipinski definition) is 1. The lowest BCUT2D eigenvalue weighted by Gasteiger charge is -2.39. The van der Waals surface area contributed by atoms with E-state index >= 15 is 0 Å². The van der Waals surface area contributed by atoms with E-state index in [2.05, 4.69) is 24.1 Å². The molecule has 27 heavy (non-hydrogen) atoms. The maximum Gasteiger partial charge on any atom is 0.319 e. The molecule has 7 heteroatoms. The largest absolute Gasteiger partial charge is 0.379 e. The van der Waals surface area contributed by atoms with Gasteiger partial charge in [0.25, 0.3) is 0 Å². The van der Waals surface area contributed by atoms with Gasteiger partial charge in [0.1, 0.15) is 0 Å². The van der Waals surface area contributed by atoms with Crippen molar-refractivity contribution in [2.24, 2.45) is 11.8 Å². The van der Waals surface area contributed by atoms with Crippen molar-refractivity contribution >= 4 is 11.9 Å². The molecule has 0 aromatic heterocycles. The highest BCUT2D eigenvalue weighted by molar-refractivity contribution is 5.79. The number of urea groups is 1. The Morgan fingerprint density at radius 1 is 1.07 bits per heavy atom. The van der Waals surface area contributed by atoms with Gasteiger partial charge in [-0.3, -0.25) is 9.69 Å². The lowest BCUT2D eigenvalue weighted by molar-refractivity contribution is -0.126. The number of rotatable bonds is 7. The maximum atomic E-state index is 12.7. The molecule has 2 aliphatic rings.